The first-order valence-electron chi connectivity index (χ1n) is 6.02. The van der Waals surface area contributed by atoms with E-state index < -0.39 is 0 Å². The third kappa shape index (κ3) is 1.78. The van der Waals surface area contributed by atoms with E-state index in [1.807, 2.05) is 6.07 Å². The van der Waals surface area contributed by atoms with Gasteiger partial charge in [0.05, 0.1) is 20.9 Å². The summed E-state index contributed by atoms with van der Waals surface area (Å²) in [6, 6.07) is 8.35. The van der Waals surface area contributed by atoms with Gasteiger partial charge in [-0.25, -0.2) is 4.98 Å². The van der Waals surface area contributed by atoms with Gasteiger partial charge in [-0.2, -0.15) is 0 Å². The maximum Gasteiger partial charge on any atom is 0.148 e. The number of rotatable bonds is 2. The zero-order valence-corrected chi connectivity index (χ0v) is 11.3. The minimum atomic E-state index is 0.831. The van der Waals surface area contributed by atoms with Crippen molar-refractivity contribution in [3.8, 4) is 10.7 Å². The van der Waals surface area contributed by atoms with Gasteiger partial charge in [0.1, 0.15) is 5.82 Å². The number of H-pyrrole nitrogens is 1. The molecule has 0 atom stereocenters. The SMILES string of the molecule is CCc1ccc2nc(-c3sc(N)cc3C)[nH]c2c1. The quantitative estimate of drug-likeness (QED) is 0.734. The summed E-state index contributed by atoms with van der Waals surface area (Å²) in [4.78, 5) is 9.14. The van der Waals surface area contributed by atoms with Gasteiger partial charge >= 0.3 is 0 Å². The molecule has 3 nitrogen and oxygen atoms in total. The molecule has 0 unspecified atom stereocenters. The van der Waals surface area contributed by atoms with Crippen molar-refractivity contribution in [3.63, 3.8) is 0 Å². The summed E-state index contributed by atoms with van der Waals surface area (Å²) in [6.07, 6.45) is 1.04. The summed E-state index contributed by atoms with van der Waals surface area (Å²) in [7, 11) is 0. The monoisotopic (exact) mass is 257 g/mol. The van der Waals surface area contributed by atoms with Crippen molar-refractivity contribution in [1.29, 1.82) is 0 Å². The molecule has 0 aliphatic carbocycles. The average molecular weight is 257 g/mol. The second-order valence-corrected chi connectivity index (χ2v) is 5.54. The number of aromatic nitrogens is 2. The highest BCUT2D eigenvalue weighted by Crippen LogP contribution is 2.33. The van der Waals surface area contributed by atoms with E-state index in [2.05, 4.69) is 42.0 Å². The number of nitrogens with two attached hydrogens (primary N) is 1. The molecule has 3 N–H and O–H groups in total. The number of hydrogen-bond donors (Lipinski definition) is 2. The first kappa shape index (κ1) is 11.3. The van der Waals surface area contributed by atoms with Crippen molar-refractivity contribution in [2.45, 2.75) is 20.3 Å². The van der Waals surface area contributed by atoms with Crippen LogP contribution in [-0.2, 0) is 6.42 Å². The van der Waals surface area contributed by atoms with Gasteiger partial charge in [-0.15, -0.1) is 11.3 Å². The molecule has 0 amide bonds. The predicted octanol–water partition coefficient (Wildman–Crippen LogP) is 3.74. The van der Waals surface area contributed by atoms with Crippen LogP contribution in [0.4, 0.5) is 5.00 Å². The zero-order valence-electron chi connectivity index (χ0n) is 10.4. The van der Waals surface area contributed by atoms with Crippen molar-refractivity contribution in [2.75, 3.05) is 5.73 Å². The van der Waals surface area contributed by atoms with Crippen molar-refractivity contribution < 1.29 is 0 Å². The van der Waals surface area contributed by atoms with Gasteiger partial charge < -0.3 is 10.7 Å². The fraction of sp³-hybridized carbons (Fsp3) is 0.214. The van der Waals surface area contributed by atoms with Crippen LogP contribution in [0.3, 0.4) is 0 Å². The maximum atomic E-state index is 5.83. The van der Waals surface area contributed by atoms with Crippen LogP contribution in [0, 0.1) is 6.92 Å². The van der Waals surface area contributed by atoms with Gasteiger partial charge in [-0.3, -0.25) is 0 Å². The van der Waals surface area contributed by atoms with Crippen molar-refractivity contribution in [2.24, 2.45) is 0 Å². The number of aromatic amines is 1. The van der Waals surface area contributed by atoms with Crippen LogP contribution in [-0.4, -0.2) is 9.97 Å². The molecule has 18 heavy (non-hydrogen) atoms. The lowest BCUT2D eigenvalue weighted by molar-refractivity contribution is 1.14. The fourth-order valence-corrected chi connectivity index (χ4v) is 3.01. The lowest BCUT2D eigenvalue weighted by Crippen LogP contribution is -1.78. The molecular formula is C14H15N3S. The van der Waals surface area contributed by atoms with E-state index in [1.54, 1.807) is 11.3 Å². The third-order valence-corrected chi connectivity index (χ3v) is 4.18. The molecule has 0 radical (unpaired) electrons. The molecule has 0 fully saturated rings. The lowest BCUT2D eigenvalue weighted by atomic mass is 10.1. The third-order valence-electron chi connectivity index (χ3n) is 3.11. The van der Waals surface area contributed by atoms with Crippen molar-refractivity contribution in [3.05, 3.63) is 35.4 Å². The molecule has 3 aromatic rings. The van der Waals surface area contributed by atoms with Gasteiger partial charge in [-0.05, 0) is 42.7 Å². The minimum absolute atomic E-state index is 0.831. The van der Waals surface area contributed by atoms with Crippen LogP contribution < -0.4 is 5.73 Å². The zero-order chi connectivity index (χ0) is 12.7. The van der Waals surface area contributed by atoms with E-state index >= 15 is 0 Å². The summed E-state index contributed by atoms with van der Waals surface area (Å²) in [5.41, 5.74) is 10.4. The first-order valence-corrected chi connectivity index (χ1v) is 6.84. The maximum absolute atomic E-state index is 5.83. The number of benzene rings is 1. The normalized spacial score (nSPS) is 11.2. The Hall–Kier alpha value is -1.81. The Balaban J connectivity index is 2.16. The standard InChI is InChI=1S/C14H15N3S/c1-3-9-4-5-10-11(7-9)17-14(16-10)13-8(2)6-12(15)18-13/h4-7H,3,15H2,1-2H3,(H,16,17). The molecule has 2 heterocycles. The van der Waals surface area contributed by atoms with Crippen LogP contribution >= 0.6 is 11.3 Å². The van der Waals surface area contributed by atoms with E-state index in [1.165, 1.54) is 11.1 Å². The van der Waals surface area contributed by atoms with Crippen LogP contribution in [0.15, 0.2) is 24.3 Å². The molecule has 0 bridgehead atoms. The number of imidazole rings is 1. The number of anilines is 1. The highest BCUT2D eigenvalue weighted by Gasteiger charge is 2.11. The topological polar surface area (TPSA) is 54.7 Å². The van der Waals surface area contributed by atoms with E-state index in [4.69, 9.17) is 5.73 Å². The molecule has 0 saturated carbocycles. The van der Waals surface area contributed by atoms with E-state index in [-0.39, 0.29) is 0 Å². The van der Waals surface area contributed by atoms with Gasteiger partial charge in [0, 0.05) is 0 Å². The summed E-state index contributed by atoms with van der Waals surface area (Å²) in [5.74, 6) is 0.914. The lowest BCUT2D eigenvalue weighted by Gasteiger charge is -1.94. The number of fused-ring (bicyclic) bond motifs is 1. The predicted molar refractivity (Wildman–Crippen MR) is 77.9 cm³/mol. The van der Waals surface area contributed by atoms with E-state index in [0.717, 1.165) is 33.2 Å². The number of hydrogen-bond acceptors (Lipinski definition) is 3. The van der Waals surface area contributed by atoms with Crippen LogP contribution in [0.5, 0.6) is 0 Å². The van der Waals surface area contributed by atoms with E-state index in [9.17, 15) is 0 Å². The molecule has 0 aliphatic heterocycles. The van der Waals surface area contributed by atoms with Gasteiger partial charge in [0.15, 0.2) is 0 Å². The fourth-order valence-electron chi connectivity index (χ4n) is 2.13. The molecule has 1 aromatic carbocycles. The summed E-state index contributed by atoms with van der Waals surface area (Å²) in [6.45, 7) is 4.22. The van der Waals surface area contributed by atoms with Crippen LogP contribution in [0.25, 0.3) is 21.7 Å². The van der Waals surface area contributed by atoms with Gasteiger partial charge in [-0.1, -0.05) is 13.0 Å². The van der Waals surface area contributed by atoms with E-state index in [0.29, 0.717) is 0 Å². The second kappa shape index (κ2) is 4.14. The number of thiophene rings is 1. The largest absolute Gasteiger partial charge is 0.391 e. The van der Waals surface area contributed by atoms with Gasteiger partial charge in [0.25, 0.3) is 0 Å². The molecule has 3 rings (SSSR count). The van der Waals surface area contributed by atoms with Gasteiger partial charge in [0.2, 0.25) is 0 Å². The minimum Gasteiger partial charge on any atom is -0.391 e. The molecule has 0 aliphatic rings. The molecule has 0 saturated heterocycles. The molecule has 0 spiro atoms. The number of aryl methyl sites for hydroxylation is 2. The smallest absolute Gasteiger partial charge is 0.148 e. The van der Waals surface area contributed by atoms with Crippen LogP contribution in [0.2, 0.25) is 0 Å². The molecular weight excluding hydrogens is 242 g/mol. The van der Waals surface area contributed by atoms with Crippen LogP contribution in [0.1, 0.15) is 18.1 Å². The second-order valence-electron chi connectivity index (χ2n) is 4.45. The van der Waals surface area contributed by atoms with Crippen molar-refractivity contribution in [1.82, 2.24) is 9.97 Å². The number of nitrogen functional groups attached to an aromatic ring is 1. The number of nitrogens with zero attached hydrogens (tertiary/aromatic N) is 1. The Labute approximate surface area is 110 Å². The first-order chi connectivity index (χ1) is 8.67. The summed E-state index contributed by atoms with van der Waals surface area (Å²) < 4.78 is 0. The molecule has 4 heteroatoms. The summed E-state index contributed by atoms with van der Waals surface area (Å²) in [5, 5.41) is 0.831. The average Bonchev–Trinajstić information content (AvgIpc) is 2.90. The Morgan fingerprint density at radius 1 is 1.33 bits per heavy atom. The summed E-state index contributed by atoms with van der Waals surface area (Å²) >= 11 is 1.58. The Bertz CT molecular complexity index is 709. The highest BCUT2D eigenvalue weighted by atomic mass is 32.1. The molecule has 92 valence electrons. The molecule has 2 aromatic heterocycles. The highest BCUT2D eigenvalue weighted by molar-refractivity contribution is 7.19. The Morgan fingerprint density at radius 2 is 2.17 bits per heavy atom. The Kier molecular flexibility index (Phi) is 2.59. The Morgan fingerprint density at radius 3 is 2.83 bits per heavy atom. The van der Waals surface area contributed by atoms with Crippen molar-refractivity contribution >= 4 is 27.4 Å². The number of nitrogens with one attached hydrogen (secondary N) is 1.